The van der Waals surface area contributed by atoms with Crippen LogP contribution in [-0.2, 0) is 14.2 Å². The number of hydrogen-bond acceptors (Lipinski definition) is 11. The minimum Gasteiger partial charge on any atom is -0.448 e. The summed E-state index contributed by atoms with van der Waals surface area (Å²) in [4.78, 5) is 20.8. The number of methoxy groups -OCH3 is 1. The lowest BCUT2D eigenvalue weighted by molar-refractivity contribution is -0.0566. The first-order valence-corrected chi connectivity index (χ1v) is 12.1. The molecule has 12 nitrogen and oxygen atoms in total. The van der Waals surface area contributed by atoms with Crippen molar-refractivity contribution in [2.75, 3.05) is 38.7 Å². The Balaban J connectivity index is 1.40. The van der Waals surface area contributed by atoms with Crippen molar-refractivity contribution in [3.63, 3.8) is 0 Å². The molecule has 3 rings (SSSR count). The van der Waals surface area contributed by atoms with Crippen LogP contribution >= 0.6 is 0 Å². The van der Waals surface area contributed by atoms with Crippen LogP contribution in [0.5, 0.6) is 0 Å². The van der Waals surface area contributed by atoms with Gasteiger partial charge in [0, 0.05) is 32.6 Å². The zero-order valence-electron chi connectivity index (χ0n) is 22.0. The van der Waals surface area contributed by atoms with Crippen LogP contribution in [0.25, 0.3) is 0 Å². The number of nitrogens with one attached hydrogen (secondary N) is 4. The average molecular weight is 513 g/mol. The Bertz CT molecular complexity index is 1090. The van der Waals surface area contributed by atoms with E-state index >= 15 is 0 Å². The first kappa shape index (κ1) is 27.8. The molecule has 0 saturated carbocycles. The number of ether oxygens (including phenoxy) is 3. The smallest absolute Gasteiger partial charge is 0.407 e. The highest BCUT2D eigenvalue weighted by atomic mass is 16.5. The fourth-order valence-electron chi connectivity index (χ4n) is 3.12. The molecule has 0 unspecified atom stereocenters. The van der Waals surface area contributed by atoms with Gasteiger partial charge in [-0.1, -0.05) is 6.07 Å². The molecule has 37 heavy (non-hydrogen) atoms. The van der Waals surface area contributed by atoms with Crippen molar-refractivity contribution < 1.29 is 19.0 Å². The maximum absolute atomic E-state index is 12.1. The van der Waals surface area contributed by atoms with Gasteiger partial charge in [0.25, 0.3) is 0 Å². The van der Waals surface area contributed by atoms with Crippen molar-refractivity contribution in [1.29, 1.82) is 0 Å². The maximum atomic E-state index is 12.1. The van der Waals surface area contributed by atoms with Crippen LogP contribution in [0, 0.1) is 0 Å². The lowest BCUT2D eigenvalue weighted by atomic mass is 10.1. The number of pyridine rings is 2. The zero-order chi connectivity index (χ0) is 26.7. The molecule has 2 aromatic rings. The third-order valence-corrected chi connectivity index (χ3v) is 5.55. The van der Waals surface area contributed by atoms with E-state index < -0.39 is 11.7 Å². The van der Waals surface area contributed by atoms with Crippen LogP contribution in [0.4, 0.5) is 10.5 Å². The molecule has 0 bridgehead atoms. The van der Waals surface area contributed by atoms with Gasteiger partial charge in [0.2, 0.25) is 0 Å². The Hall–Kier alpha value is -3.77. The summed E-state index contributed by atoms with van der Waals surface area (Å²) < 4.78 is 16.6. The average Bonchev–Trinajstić information content (AvgIpc) is 2.91. The van der Waals surface area contributed by atoms with Crippen LogP contribution in [0.1, 0.15) is 45.5 Å². The second-order valence-electron chi connectivity index (χ2n) is 9.50. The summed E-state index contributed by atoms with van der Waals surface area (Å²) in [6.45, 7) is 9.21. The summed E-state index contributed by atoms with van der Waals surface area (Å²) in [6, 6.07) is 9.18. The first-order valence-electron chi connectivity index (χ1n) is 12.1. The number of hydrazone groups is 2. The number of anilines is 1. The van der Waals surface area contributed by atoms with E-state index in [2.05, 4.69) is 41.7 Å². The van der Waals surface area contributed by atoms with Crippen LogP contribution in [0.2, 0.25) is 0 Å². The van der Waals surface area contributed by atoms with Gasteiger partial charge in [-0.05, 0) is 58.4 Å². The van der Waals surface area contributed by atoms with Crippen molar-refractivity contribution in [3.8, 4) is 0 Å². The standard InChI is InChI=1S/C25H36N8O4/c1-24(2,35-5)11-15-37-25(3,4)17-29-23(34)36-16-14-27-18-10-8-13-28-20(18)22-32-30-21(31-33-22)19-9-6-7-12-26-19/h6-10,12-13,27H,11,14-17H2,1-5H3,(H,29,34)(H,30,31)(H,32,33). The lowest BCUT2D eigenvalue weighted by Gasteiger charge is -2.28. The predicted octanol–water partition coefficient (Wildman–Crippen LogP) is 2.44. The molecule has 0 saturated heterocycles. The number of hydrogen-bond donors (Lipinski definition) is 4. The molecule has 1 aliphatic heterocycles. The van der Waals surface area contributed by atoms with Gasteiger partial charge in [-0.15, -0.1) is 0 Å². The summed E-state index contributed by atoms with van der Waals surface area (Å²) in [5, 5.41) is 14.6. The maximum Gasteiger partial charge on any atom is 0.407 e. The van der Waals surface area contributed by atoms with E-state index in [1.807, 2.05) is 52.0 Å². The van der Waals surface area contributed by atoms with E-state index in [-0.39, 0.29) is 12.2 Å². The number of amidine groups is 2. The third kappa shape index (κ3) is 8.99. The highest BCUT2D eigenvalue weighted by Gasteiger charge is 2.23. The molecule has 0 spiro atoms. The van der Waals surface area contributed by atoms with Crippen molar-refractivity contribution in [2.24, 2.45) is 10.2 Å². The molecule has 0 radical (unpaired) electrons. The molecule has 2 aromatic heterocycles. The summed E-state index contributed by atoms with van der Waals surface area (Å²) in [7, 11) is 1.68. The third-order valence-electron chi connectivity index (χ3n) is 5.55. The SMILES string of the molecule is COC(C)(C)CCOC(C)(C)CNC(=O)OCCNc1cccnc1C1=NNC(c2ccccn2)=NN1. The molecule has 1 amide bonds. The first-order chi connectivity index (χ1) is 17.7. The molecule has 0 aliphatic carbocycles. The molecule has 0 fully saturated rings. The highest BCUT2D eigenvalue weighted by molar-refractivity contribution is 6.06. The van der Waals surface area contributed by atoms with Crippen molar-refractivity contribution >= 4 is 23.5 Å². The minimum absolute atomic E-state index is 0.156. The Morgan fingerprint density at radius 1 is 0.946 bits per heavy atom. The predicted molar refractivity (Wildman–Crippen MR) is 141 cm³/mol. The summed E-state index contributed by atoms with van der Waals surface area (Å²) >= 11 is 0. The van der Waals surface area contributed by atoms with Gasteiger partial charge < -0.3 is 24.8 Å². The van der Waals surface area contributed by atoms with Crippen molar-refractivity contribution in [3.05, 3.63) is 54.1 Å². The largest absolute Gasteiger partial charge is 0.448 e. The normalized spacial score (nSPS) is 13.5. The molecule has 12 heteroatoms. The number of rotatable bonds is 13. The van der Waals surface area contributed by atoms with Crippen molar-refractivity contribution in [2.45, 2.75) is 45.3 Å². The number of alkyl carbamates (subject to hydrolysis) is 1. The number of amides is 1. The Morgan fingerprint density at radius 3 is 2.41 bits per heavy atom. The highest BCUT2D eigenvalue weighted by Crippen LogP contribution is 2.16. The topological polar surface area (TPSA) is 143 Å². The Kier molecular flexibility index (Phi) is 9.75. The monoisotopic (exact) mass is 512 g/mol. The van der Waals surface area contributed by atoms with E-state index in [1.165, 1.54) is 0 Å². The van der Waals surface area contributed by atoms with Gasteiger partial charge >= 0.3 is 6.09 Å². The number of carbonyl (C=O) groups excluding carboxylic acids is 1. The fraction of sp³-hybridized carbons (Fsp3) is 0.480. The number of nitrogens with zero attached hydrogens (tertiary/aromatic N) is 4. The van der Waals surface area contributed by atoms with Gasteiger partial charge in [0.1, 0.15) is 18.0 Å². The second-order valence-corrected chi connectivity index (χ2v) is 9.50. The lowest BCUT2D eigenvalue weighted by Crippen LogP contribution is -2.41. The molecule has 0 aromatic carbocycles. The second kappa shape index (κ2) is 13.0. The fourth-order valence-corrected chi connectivity index (χ4v) is 3.12. The van der Waals surface area contributed by atoms with E-state index in [0.717, 1.165) is 6.42 Å². The van der Waals surface area contributed by atoms with Gasteiger partial charge in [-0.25, -0.2) is 4.79 Å². The van der Waals surface area contributed by atoms with E-state index in [9.17, 15) is 4.79 Å². The quantitative estimate of drug-likeness (QED) is 0.298. The number of aromatic nitrogens is 2. The molecule has 1 aliphatic rings. The van der Waals surface area contributed by atoms with Gasteiger partial charge in [0.15, 0.2) is 11.7 Å². The minimum atomic E-state index is -0.535. The molecular formula is C25H36N8O4. The van der Waals surface area contributed by atoms with E-state index in [4.69, 9.17) is 14.2 Å². The number of carbonyl (C=O) groups is 1. The zero-order valence-corrected chi connectivity index (χ0v) is 22.0. The van der Waals surface area contributed by atoms with Crippen molar-refractivity contribution in [1.82, 2.24) is 26.1 Å². The van der Waals surface area contributed by atoms with Gasteiger partial charge in [-0.3, -0.25) is 20.8 Å². The van der Waals surface area contributed by atoms with E-state index in [1.54, 1.807) is 25.6 Å². The van der Waals surface area contributed by atoms with Crippen LogP contribution in [-0.4, -0.2) is 72.3 Å². The summed E-state index contributed by atoms with van der Waals surface area (Å²) in [6.07, 6.45) is 3.57. The molecule has 200 valence electrons. The van der Waals surface area contributed by atoms with Crippen LogP contribution in [0.15, 0.2) is 52.9 Å². The van der Waals surface area contributed by atoms with Crippen LogP contribution in [0.3, 0.4) is 0 Å². The molecule has 0 atom stereocenters. The van der Waals surface area contributed by atoms with Gasteiger partial charge in [-0.2, -0.15) is 10.2 Å². The van der Waals surface area contributed by atoms with Gasteiger partial charge in [0.05, 0.1) is 23.5 Å². The Labute approximate surface area is 217 Å². The van der Waals surface area contributed by atoms with E-state index in [0.29, 0.717) is 48.4 Å². The molecule has 3 heterocycles. The molecule has 4 N–H and O–H groups in total. The molecular weight excluding hydrogens is 476 g/mol. The summed E-state index contributed by atoms with van der Waals surface area (Å²) in [5.74, 6) is 0.944. The summed E-state index contributed by atoms with van der Waals surface area (Å²) in [5.41, 5.74) is 6.96. The van der Waals surface area contributed by atoms with Crippen LogP contribution < -0.4 is 21.5 Å². The Morgan fingerprint density at radius 2 is 1.70 bits per heavy atom.